The van der Waals surface area contributed by atoms with Crippen molar-refractivity contribution in [2.45, 2.75) is 33.3 Å². The van der Waals surface area contributed by atoms with E-state index in [2.05, 4.69) is 15.0 Å². The zero-order chi connectivity index (χ0) is 19.1. The molecular formula is C20H19N3O3S. The van der Waals surface area contributed by atoms with E-state index in [0.29, 0.717) is 16.0 Å². The Labute approximate surface area is 159 Å². The average molecular weight is 381 g/mol. The second kappa shape index (κ2) is 6.66. The number of H-pyrrole nitrogens is 2. The van der Waals surface area contributed by atoms with Crippen molar-refractivity contribution in [3.05, 3.63) is 62.6 Å². The number of nitrogens with one attached hydrogen (secondary N) is 2. The number of hydrogen-bond acceptors (Lipinski definition) is 5. The molecule has 0 saturated carbocycles. The molecule has 27 heavy (non-hydrogen) atoms. The Kier molecular flexibility index (Phi) is 4.31. The van der Waals surface area contributed by atoms with E-state index in [4.69, 9.17) is 4.74 Å². The standard InChI is InChI=1S/C20H19N3O3S/c1-10-12(3)27-20-17(10)19(25)22-18(23-20)11(2)26-16(24)8-13-9-21-15-7-5-4-6-14(13)15/h4-7,9,11,21H,8H2,1-3H3,(H,22,23,25). The lowest BCUT2D eigenvalue weighted by atomic mass is 10.1. The molecule has 6 nitrogen and oxygen atoms in total. The van der Waals surface area contributed by atoms with Crippen LogP contribution in [0.15, 0.2) is 35.3 Å². The number of ether oxygens (including phenoxy) is 1. The summed E-state index contributed by atoms with van der Waals surface area (Å²) in [4.78, 5) is 36.9. The van der Waals surface area contributed by atoms with Gasteiger partial charge in [-0.2, -0.15) is 0 Å². The third-order valence-corrected chi connectivity index (χ3v) is 5.86. The number of carbonyl (C=O) groups is 1. The fourth-order valence-corrected chi connectivity index (χ4v) is 4.23. The first-order valence-electron chi connectivity index (χ1n) is 8.68. The van der Waals surface area contributed by atoms with Crippen molar-refractivity contribution in [3.8, 4) is 0 Å². The lowest BCUT2D eigenvalue weighted by molar-refractivity contribution is -0.148. The summed E-state index contributed by atoms with van der Waals surface area (Å²) in [6.07, 6.45) is 1.33. The third kappa shape index (κ3) is 3.14. The molecule has 0 amide bonds. The smallest absolute Gasteiger partial charge is 0.311 e. The molecule has 4 rings (SSSR count). The number of para-hydroxylation sites is 1. The molecule has 0 spiro atoms. The van der Waals surface area contributed by atoms with Crippen LogP contribution in [0.4, 0.5) is 0 Å². The SMILES string of the molecule is Cc1sc2nc(C(C)OC(=O)Cc3c[nH]c4ccccc34)[nH]c(=O)c2c1C. The highest BCUT2D eigenvalue weighted by Gasteiger charge is 2.19. The van der Waals surface area contributed by atoms with Crippen molar-refractivity contribution in [1.29, 1.82) is 0 Å². The van der Waals surface area contributed by atoms with Gasteiger partial charge in [-0.15, -0.1) is 11.3 Å². The summed E-state index contributed by atoms with van der Waals surface area (Å²) >= 11 is 1.47. The van der Waals surface area contributed by atoms with Gasteiger partial charge in [0.1, 0.15) is 4.83 Å². The van der Waals surface area contributed by atoms with Crippen molar-refractivity contribution in [3.63, 3.8) is 0 Å². The van der Waals surface area contributed by atoms with E-state index in [9.17, 15) is 9.59 Å². The lowest BCUT2D eigenvalue weighted by Crippen LogP contribution is -2.18. The van der Waals surface area contributed by atoms with Crippen LogP contribution in [0.25, 0.3) is 21.1 Å². The average Bonchev–Trinajstić information content (AvgIpc) is 3.16. The van der Waals surface area contributed by atoms with Crippen molar-refractivity contribution in [2.24, 2.45) is 0 Å². The van der Waals surface area contributed by atoms with Crippen LogP contribution in [0.2, 0.25) is 0 Å². The number of aromatic amines is 2. The number of hydrogen-bond donors (Lipinski definition) is 2. The van der Waals surface area contributed by atoms with Gasteiger partial charge >= 0.3 is 5.97 Å². The van der Waals surface area contributed by atoms with Crippen molar-refractivity contribution in [2.75, 3.05) is 0 Å². The Morgan fingerprint density at radius 2 is 2.07 bits per heavy atom. The predicted molar refractivity (Wildman–Crippen MR) is 106 cm³/mol. The summed E-state index contributed by atoms with van der Waals surface area (Å²) < 4.78 is 5.52. The van der Waals surface area contributed by atoms with E-state index in [1.165, 1.54) is 11.3 Å². The maximum atomic E-state index is 12.4. The van der Waals surface area contributed by atoms with Gasteiger partial charge in [-0.05, 0) is 38.0 Å². The van der Waals surface area contributed by atoms with Gasteiger partial charge in [0.2, 0.25) is 0 Å². The minimum absolute atomic E-state index is 0.151. The molecule has 0 aliphatic rings. The Bertz CT molecular complexity index is 1220. The maximum absolute atomic E-state index is 12.4. The number of nitrogens with zero attached hydrogens (tertiary/aromatic N) is 1. The van der Waals surface area contributed by atoms with Gasteiger partial charge in [0, 0.05) is 22.0 Å². The summed E-state index contributed by atoms with van der Waals surface area (Å²) in [5.41, 5.74) is 2.60. The molecular weight excluding hydrogens is 362 g/mol. The van der Waals surface area contributed by atoms with Crippen LogP contribution in [0.3, 0.4) is 0 Å². The number of aromatic nitrogens is 3. The van der Waals surface area contributed by atoms with Crippen LogP contribution >= 0.6 is 11.3 Å². The van der Waals surface area contributed by atoms with Gasteiger partial charge in [0.05, 0.1) is 11.8 Å². The molecule has 1 unspecified atom stereocenters. The lowest BCUT2D eigenvalue weighted by Gasteiger charge is -2.12. The van der Waals surface area contributed by atoms with E-state index in [1.807, 2.05) is 44.3 Å². The number of rotatable bonds is 4. The third-order valence-electron chi connectivity index (χ3n) is 4.76. The molecule has 0 fully saturated rings. The number of fused-ring (bicyclic) bond motifs is 2. The number of esters is 1. The first-order chi connectivity index (χ1) is 12.9. The summed E-state index contributed by atoms with van der Waals surface area (Å²) in [5, 5.41) is 1.61. The first-order valence-corrected chi connectivity index (χ1v) is 9.50. The molecule has 3 aromatic heterocycles. The largest absolute Gasteiger partial charge is 0.454 e. The van der Waals surface area contributed by atoms with Crippen LogP contribution in [0.5, 0.6) is 0 Å². The van der Waals surface area contributed by atoms with Crippen molar-refractivity contribution < 1.29 is 9.53 Å². The fraction of sp³-hybridized carbons (Fsp3) is 0.250. The van der Waals surface area contributed by atoms with Crippen LogP contribution in [-0.2, 0) is 16.0 Å². The van der Waals surface area contributed by atoms with Crippen molar-refractivity contribution in [1.82, 2.24) is 15.0 Å². The molecule has 7 heteroatoms. The second-order valence-corrected chi connectivity index (χ2v) is 7.79. The van der Waals surface area contributed by atoms with Gasteiger partial charge in [-0.25, -0.2) is 4.98 Å². The fourth-order valence-electron chi connectivity index (χ4n) is 3.19. The Morgan fingerprint density at radius 1 is 1.30 bits per heavy atom. The van der Waals surface area contributed by atoms with E-state index < -0.39 is 6.10 Å². The first kappa shape index (κ1) is 17.5. The maximum Gasteiger partial charge on any atom is 0.311 e. The topological polar surface area (TPSA) is 87.8 Å². The Morgan fingerprint density at radius 3 is 2.89 bits per heavy atom. The van der Waals surface area contributed by atoms with E-state index in [0.717, 1.165) is 26.9 Å². The molecule has 0 radical (unpaired) electrons. The molecule has 0 aliphatic heterocycles. The molecule has 0 aliphatic carbocycles. The Hall–Kier alpha value is -2.93. The minimum atomic E-state index is -0.637. The molecule has 1 atom stereocenters. The van der Waals surface area contributed by atoms with Crippen LogP contribution < -0.4 is 5.56 Å². The Balaban J connectivity index is 1.55. The monoisotopic (exact) mass is 381 g/mol. The molecule has 0 saturated heterocycles. The van der Waals surface area contributed by atoms with Gasteiger partial charge in [0.15, 0.2) is 11.9 Å². The van der Waals surface area contributed by atoms with Gasteiger partial charge in [0.25, 0.3) is 5.56 Å². The van der Waals surface area contributed by atoms with Crippen molar-refractivity contribution >= 4 is 38.4 Å². The zero-order valence-corrected chi connectivity index (χ0v) is 16.1. The van der Waals surface area contributed by atoms with Gasteiger partial charge in [-0.3, -0.25) is 9.59 Å². The van der Waals surface area contributed by atoms with E-state index >= 15 is 0 Å². The molecule has 1 aromatic carbocycles. The van der Waals surface area contributed by atoms with Crippen LogP contribution in [0, 0.1) is 13.8 Å². The number of carbonyl (C=O) groups excluding carboxylic acids is 1. The quantitative estimate of drug-likeness (QED) is 0.524. The molecule has 3 heterocycles. The zero-order valence-electron chi connectivity index (χ0n) is 15.3. The number of benzene rings is 1. The molecule has 0 bridgehead atoms. The molecule has 2 N–H and O–H groups in total. The van der Waals surface area contributed by atoms with E-state index in [1.54, 1.807) is 6.92 Å². The highest BCUT2D eigenvalue weighted by atomic mass is 32.1. The predicted octanol–water partition coefficient (Wildman–Crippen LogP) is 3.93. The number of thiophene rings is 1. The second-order valence-electron chi connectivity index (χ2n) is 6.58. The number of aryl methyl sites for hydroxylation is 2. The molecule has 4 aromatic rings. The summed E-state index contributed by atoms with van der Waals surface area (Å²) in [6, 6.07) is 7.80. The van der Waals surface area contributed by atoms with Crippen LogP contribution in [-0.4, -0.2) is 20.9 Å². The summed E-state index contributed by atoms with van der Waals surface area (Å²) in [7, 11) is 0. The highest BCUT2D eigenvalue weighted by Crippen LogP contribution is 2.27. The van der Waals surface area contributed by atoms with Gasteiger partial charge in [-0.1, -0.05) is 18.2 Å². The normalized spacial score (nSPS) is 12.6. The summed E-state index contributed by atoms with van der Waals surface area (Å²) in [6.45, 7) is 5.59. The van der Waals surface area contributed by atoms with E-state index in [-0.39, 0.29) is 17.9 Å². The minimum Gasteiger partial charge on any atom is -0.454 e. The molecule has 138 valence electrons. The summed E-state index contributed by atoms with van der Waals surface area (Å²) in [5.74, 6) is -0.00503. The highest BCUT2D eigenvalue weighted by molar-refractivity contribution is 7.18. The van der Waals surface area contributed by atoms with Gasteiger partial charge < -0.3 is 14.7 Å². The van der Waals surface area contributed by atoms with Crippen LogP contribution in [0.1, 0.15) is 34.9 Å².